The van der Waals surface area contributed by atoms with Crippen molar-refractivity contribution in [1.82, 2.24) is 10.5 Å². The molecule has 1 saturated carbocycles. The first-order chi connectivity index (χ1) is 7.77. The van der Waals surface area contributed by atoms with E-state index in [1.165, 1.54) is 12.4 Å². The molecule has 1 aromatic rings. The first-order valence-corrected chi connectivity index (χ1v) is 5.70. The van der Waals surface area contributed by atoms with Crippen LogP contribution in [0.5, 0.6) is 0 Å². The minimum atomic E-state index is -0.343. The zero-order valence-electron chi connectivity index (χ0n) is 8.78. The summed E-state index contributed by atoms with van der Waals surface area (Å²) in [5, 5.41) is 0.377. The van der Waals surface area contributed by atoms with E-state index < -0.39 is 0 Å². The number of nitrogens with zero attached hydrogens (tertiary/aromatic N) is 1. The molecule has 1 fully saturated rings. The highest BCUT2D eigenvalue weighted by Gasteiger charge is 2.18. The normalized spacial score (nSPS) is 16.3. The van der Waals surface area contributed by atoms with Gasteiger partial charge in [-0.25, -0.2) is 5.48 Å². The topological polar surface area (TPSA) is 51.2 Å². The highest BCUT2D eigenvalue weighted by Crippen LogP contribution is 2.20. The van der Waals surface area contributed by atoms with Gasteiger partial charge in [0, 0.05) is 12.4 Å². The van der Waals surface area contributed by atoms with E-state index in [1.807, 2.05) is 0 Å². The van der Waals surface area contributed by atoms with Gasteiger partial charge in [0.2, 0.25) is 0 Å². The molecule has 1 aliphatic carbocycles. The average molecular weight is 241 g/mol. The summed E-state index contributed by atoms with van der Waals surface area (Å²) in [5.74, 6) is -0.343. The fourth-order valence-electron chi connectivity index (χ4n) is 1.74. The van der Waals surface area contributed by atoms with E-state index >= 15 is 0 Å². The molecular weight excluding hydrogens is 228 g/mol. The van der Waals surface area contributed by atoms with Gasteiger partial charge in [0.25, 0.3) is 5.91 Å². The third-order valence-electron chi connectivity index (χ3n) is 2.63. The number of aromatic nitrogens is 1. The largest absolute Gasteiger partial charge is 0.277 e. The maximum Gasteiger partial charge on any atom is 0.277 e. The van der Waals surface area contributed by atoms with Crippen molar-refractivity contribution >= 4 is 17.5 Å². The fourth-order valence-corrected chi connectivity index (χ4v) is 1.93. The lowest BCUT2D eigenvalue weighted by atomic mass is 10.3. The minimum Gasteiger partial charge on any atom is -0.270 e. The molecule has 16 heavy (non-hydrogen) atoms. The Kier molecular flexibility index (Phi) is 3.74. The number of carbonyl (C=O) groups is 1. The van der Waals surface area contributed by atoms with Crippen molar-refractivity contribution in [2.45, 2.75) is 31.8 Å². The van der Waals surface area contributed by atoms with Gasteiger partial charge in [-0.3, -0.25) is 14.6 Å². The molecule has 0 aromatic carbocycles. The molecule has 0 bridgehead atoms. The Labute approximate surface area is 98.9 Å². The van der Waals surface area contributed by atoms with Crippen molar-refractivity contribution < 1.29 is 9.63 Å². The van der Waals surface area contributed by atoms with Crippen LogP contribution in [0.4, 0.5) is 0 Å². The van der Waals surface area contributed by atoms with Crippen molar-refractivity contribution in [2.75, 3.05) is 0 Å². The van der Waals surface area contributed by atoms with Gasteiger partial charge in [-0.2, -0.15) is 0 Å². The highest BCUT2D eigenvalue weighted by molar-refractivity contribution is 6.33. The Morgan fingerprint density at radius 2 is 2.25 bits per heavy atom. The average Bonchev–Trinajstić information content (AvgIpc) is 2.79. The summed E-state index contributed by atoms with van der Waals surface area (Å²) in [7, 11) is 0. The first-order valence-electron chi connectivity index (χ1n) is 5.33. The van der Waals surface area contributed by atoms with Crippen LogP contribution in [0.1, 0.15) is 36.0 Å². The van der Waals surface area contributed by atoms with Gasteiger partial charge in [0.05, 0.1) is 16.7 Å². The van der Waals surface area contributed by atoms with Crippen LogP contribution in [-0.2, 0) is 4.84 Å². The molecule has 0 unspecified atom stereocenters. The van der Waals surface area contributed by atoms with E-state index in [0.717, 1.165) is 25.7 Å². The second-order valence-corrected chi connectivity index (χ2v) is 4.22. The predicted molar refractivity (Wildman–Crippen MR) is 60.1 cm³/mol. The number of halogens is 1. The molecule has 1 heterocycles. The number of nitrogens with one attached hydrogen (secondary N) is 1. The van der Waals surface area contributed by atoms with E-state index in [2.05, 4.69) is 10.5 Å². The van der Waals surface area contributed by atoms with Crippen LogP contribution in [0.2, 0.25) is 5.02 Å². The van der Waals surface area contributed by atoms with Crippen molar-refractivity contribution in [1.29, 1.82) is 0 Å². The van der Waals surface area contributed by atoms with Crippen molar-refractivity contribution in [3.8, 4) is 0 Å². The summed E-state index contributed by atoms with van der Waals surface area (Å²) < 4.78 is 0. The molecule has 0 aliphatic heterocycles. The van der Waals surface area contributed by atoms with Crippen LogP contribution in [0.3, 0.4) is 0 Å². The summed E-state index contributed by atoms with van der Waals surface area (Å²) in [4.78, 5) is 20.8. The molecule has 0 radical (unpaired) electrons. The number of hydrogen-bond donors (Lipinski definition) is 1. The predicted octanol–water partition coefficient (Wildman–Crippen LogP) is 2.34. The molecule has 5 heteroatoms. The number of hydrogen-bond acceptors (Lipinski definition) is 3. The number of pyridine rings is 1. The number of hydroxylamine groups is 1. The molecule has 0 saturated heterocycles. The van der Waals surface area contributed by atoms with Crippen molar-refractivity contribution in [3.63, 3.8) is 0 Å². The summed E-state index contributed by atoms with van der Waals surface area (Å²) in [6.07, 6.45) is 7.43. The van der Waals surface area contributed by atoms with Crippen LogP contribution in [-0.4, -0.2) is 17.0 Å². The lowest BCUT2D eigenvalue weighted by molar-refractivity contribution is -0.0125. The van der Waals surface area contributed by atoms with E-state index in [-0.39, 0.29) is 12.0 Å². The lowest BCUT2D eigenvalue weighted by Crippen LogP contribution is -2.28. The first kappa shape index (κ1) is 11.4. The Hall–Kier alpha value is -1.13. The molecule has 1 aromatic heterocycles. The Bertz CT molecular complexity index is 378. The third kappa shape index (κ3) is 2.71. The van der Waals surface area contributed by atoms with Crippen LogP contribution in [0.15, 0.2) is 18.5 Å². The Morgan fingerprint density at radius 1 is 1.50 bits per heavy atom. The molecule has 86 valence electrons. The molecule has 0 atom stereocenters. The maximum absolute atomic E-state index is 11.7. The standard InChI is InChI=1S/C11H13ClN2O2/c12-10-5-6-13-7-9(10)11(15)14-16-8-3-1-2-4-8/h5-8H,1-4H2,(H,14,15). The fraction of sp³-hybridized carbons (Fsp3) is 0.455. The summed E-state index contributed by atoms with van der Waals surface area (Å²) in [5.41, 5.74) is 2.75. The molecule has 1 aliphatic rings. The number of carbonyl (C=O) groups excluding carboxylic acids is 1. The van der Waals surface area contributed by atoms with Gasteiger partial charge < -0.3 is 0 Å². The van der Waals surface area contributed by atoms with Gasteiger partial charge in [-0.15, -0.1) is 0 Å². The van der Waals surface area contributed by atoms with Gasteiger partial charge in [0.1, 0.15) is 0 Å². The minimum absolute atomic E-state index is 0.138. The highest BCUT2D eigenvalue weighted by atomic mass is 35.5. The molecule has 2 rings (SSSR count). The van der Waals surface area contributed by atoms with Gasteiger partial charge >= 0.3 is 0 Å². The van der Waals surface area contributed by atoms with Gasteiger partial charge in [0.15, 0.2) is 0 Å². The molecule has 1 N–H and O–H groups in total. The Morgan fingerprint density at radius 3 is 2.94 bits per heavy atom. The molecule has 1 amide bonds. The summed E-state index contributed by atoms with van der Waals surface area (Å²) in [6, 6.07) is 1.58. The second kappa shape index (κ2) is 5.27. The number of rotatable bonds is 3. The van der Waals surface area contributed by atoms with Crippen LogP contribution in [0, 0.1) is 0 Å². The Balaban J connectivity index is 1.90. The maximum atomic E-state index is 11.7. The molecule has 0 spiro atoms. The third-order valence-corrected chi connectivity index (χ3v) is 2.96. The van der Waals surface area contributed by atoms with Crippen LogP contribution < -0.4 is 5.48 Å². The summed E-state index contributed by atoms with van der Waals surface area (Å²) >= 11 is 5.86. The lowest BCUT2D eigenvalue weighted by Gasteiger charge is -2.11. The van der Waals surface area contributed by atoms with Crippen molar-refractivity contribution in [2.24, 2.45) is 0 Å². The zero-order chi connectivity index (χ0) is 11.4. The van der Waals surface area contributed by atoms with Crippen molar-refractivity contribution in [3.05, 3.63) is 29.0 Å². The van der Waals surface area contributed by atoms with Crippen LogP contribution in [0.25, 0.3) is 0 Å². The SMILES string of the molecule is O=C(NOC1CCCC1)c1cnccc1Cl. The van der Waals surface area contributed by atoms with E-state index in [0.29, 0.717) is 10.6 Å². The smallest absolute Gasteiger partial charge is 0.270 e. The monoisotopic (exact) mass is 240 g/mol. The second-order valence-electron chi connectivity index (χ2n) is 3.81. The number of amides is 1. The summed E-state index contributed by atoms with van der Waals surface area (Å²) in [6.45, 7) is 0. The van der Waals surface area contributed by atoms with E-state index in [1.54, 1.807) is 6.07 Å². The van der Waals surface area contributed by atoms with Crippen LogP contribution >= 0.6 is 11.6 Å². The van der Waals surface area contributed by atoms with E-state index in [4.69, 9.17) is 16.4 Å². The quantitative estimate of drug-likeness (QED) is 0.825. The molecule has 4 nitrogen and oxygen atoms in total. The van der Waals surface area contributed by atoms with Gasteiger partial charge in [-0.1, -0.05) is 24.4 Å². The zero-order valence-corrected chi connectivity index (χ0v) is 9.54. The van der Waals surface area contributed by atoms with Gasteiger partial charge in [-0.05, 0) is 18.9 Å². The molecular formula is C11H13ClN2O2. The van der Waals surface area contributed by atoms with E-state index in [9.17, 15) is 4.79 Å².